The second-order valence-electron chi connectivity index (χ2n) is 5.37. The molecule has 0 saturated carbocycles. The summed E-state index contributed by atoms with van der Waals surface area (Å²) in [6.45, 7) is 4.44. The van der Waals surface area contributed by atoms with Gasteiger partial charge in [-0.25, -0.2) is 0 Å². The van der Waals surface area contributed by atoms with Crippen LogP contribution >= 0.6 is 0 Å². The van der Waals surface area contributed by atoms with Gasteiger partial charge in [0.05, 0.1) is 11.6 Å². The first-order valence-corrected chi connectivity index (χ1v) is 7.26. The van der Waals surface area contributed by atoms with Crippen LogP contribution in [0.2, 0.25) is 0 Å². The number of benzene rings is 1. The van der Waals surface area contributed by atoms with Crippen LogP contribution in [0.15, 0.2) is 24.3 Å². The highest BCUT2D eigenvalue weighted by atomic mass is 15.2. The highest BCUT2D eigenvalue weighted by Crippen LogP contribution is 2.29. The standard InChI is InChI=1S/C16H23N3/c1-2-10-19-11-4-3-5-15(18)16(19)14-8-6-13(12-17)7-9-14/h6-9,15-16H,2-5,10-11,18H2,1H3. The van der Waals surface area contributed by atoms with E-state index in [1.165, 1.54) is 18.4 Å². The van der Waals surface area contributed by atoms with E-state index in [9.17, 15) is 0 Å². The van der Waals surface area contributed by atoms with Gasteiger partial charge in [-0.1, -0.05) is 25.5 Å². The summed E-state index contributed by atoms with van der Waals surface area (Å²) in [5.41, 5.74) is 8.36. The molecule has 1 aliphatic rings. The van der Waals surface area contributed by atoms with Crippen LogP contribution in [0.25, 0.3) is 0 Å². The SMILES string of the molecule is CCCN1CCCCC(N)C1c1ccc(C#N)cc1. The van der Waals surface area contributed by atoms with Crippen LogP contribution in [0.1, 0.15) is 49.8 Å². The van der Waals surface area contributed by atoms with Crippen LogP contribution in [0.5, 0.6) is 0 Å². The van der Waals surface area contributed by atoms with Crippen LogP contribution in [0.4, 0.5) is 0 Å². The van der Waals surface area contributed by atoms with E-state index in [4.69, 9.17) is 11.0 Å². The molecule has 3 heteroatoms. The van der Waals surface area contributed by atoms with Crippen LogP contribution in [0.3, 0.4) is 0 Å². The predicted octanol–water partition coefficient (Wildman–Crippen LogP) is 2.82. The molecule has 2 N–H and O–H groups in total. The van der Waals surface area contributed by atoms with E-state index in [1.807, 2.05) is 12.1 Å². The minimum Gasteiger partial charge on any atom is -0.326 e. The molecule has 2 atom stereocenters. The Morgan fingerprint density at radius 2 is 2.05 bits per heavy atom. The monoisotopic (exact) mass is 257 g/mol. The van der Waals surface area contributed by atoms with Crippen molar-refractivity contribution >= 4 is 0 Å². The van der Waals surface area contributed by atoms with Crippen LogP contribution in [-0.4, -0.2) is 24.0 Å². The Balaban J connectivity index is 2.26. The molecule has 1 aromatic rings. The zero-order valence-electron chi connectivity index (χ0n) is 11.7. The van der Waals surface area contributed by atoms with E-state index >= 15 is 0 Å². The summed E-state index contributed by atoms with van der Waals surface area (Å²) < 4.78 is 0. The molecule has 0 aromatic heterocycles. The van der Waals surface area contributed by atoms with Gasteiger partial charge in [0.25, 0.3) is 0 Å². The van der Waals surface area contributed by atoms with Gasteiger partial charge in [-0.2, -0.15) is 5.26 Å². The summed E-state index contributed by atoms with van der Waals surface area (Å²) in [6.07, 6.45) is 4.69. The Labute approximate surface area is 116 Å². The summed E-state index contributed by atoms with van der Waals surface area (Å²) >= 11 is 0. The van der Waals surface area contributed by atoms with E-state index in [-0.39, 0.29) is 6.04 Å². The van der Waals surface area contributed by atoms with Gasteiger partial charge >= 0.3 is 0 Å². The average Bonchev–Trinajstić information content (AvgIpc) is 2.61. The smallest absolute Gasteiger partial charge is 0.0991 e. The van der Waals surface area contributed by atoms with Crippen molar-refractivity contribution < 1.29 is 0 Å². The lowest BCUT2D eigenvalue weighted by molar-refractivity contribution is 0.186. The summed E-state index contributed by atoms with van der Waals surface area (Å²) in [5.74, 6) is 0. The molecule has 1 saturated heterocycles. The van der Waals surface area contributed by atoms with Gasteiger partial charge in [-0.05, 0) is 50.0 Å². The maximum atomic E-state index is 8.89. The number of nitrogens with zero attached hydrogens (tertiary/aromatic N) is 2. The first kappa shape index (κ1) is 14.0. The van der Waals surface area contributed by atoms with Gasteiger partial charge in [0.1, 0.15) is 0 Å². The molecule has 19 heavy (non-hydrogen) atoms. The Hall–Kier alpha value is -1.37. The third-order valence-electron chi connectivity index (χ3n) is 3.92. The Bertz CT molecular complexity index is 432. The first-order valence-electron chi connectivity index (χ1n) is 7.26. The van der Waals surface area contributed by atoms with Crippen molar-refractivity contribution in [1.82, 2.24) is 4.90 Å². The molecule has 0 spiro atoms. The number of nitrogens with two attached hydrogens (primary N) is 1. The second kappa shape index (κ2) is 6.70. The highest BCUT2D eigenvalue weighted by Gasteiger charge is 2.28. The summed E-state index contributed by atoms with van der Waals surface area (Å²) in [7, 11) is 0. The van der Waals surface area contributed by atoms with Crippen molar-refractivity contribution in [3.8, 4) is 6.07 Å². The quantitative estimate of drug-likeness (QED) is 0.906. The van der Waals surface area contributed by atoms with Crippen LogP contribution in [-0.2, 0) is 0 Å². The maximum absolute atomic E-state index is 8.89. The maximum Gasteiger partial charge on any atom is 0.0991 e. The van der Waals surface area contributed by atoms with Crippen molar-refractivity contribution in [2.45, 2.75) is 44.7 Å². The lowest BCUT2D eigenvalue weighted by atomic mass is 9.95. The Morgan fingerprint density at radius 1 is 1.32 bits per heavy atom. The normalized spacial score (nSPS) is 24.7. The summed E-state index contributed by atoms with van der Waals surface area (Å²) in [5, 5.41) is 8.89. The molecule has 0 amide bonds. The van der Waals surface area contributed by atoms with Gasteiger partial charge < -0.3 is 5.73 Å². The van der Waals surface area contributed by atoms with Crippen molar-refractivity contribution in [1.29, 1.82) is 5.26 Å². The van der Waals surface area contributed by atoms with E-state index in [2.05, 4.69) is 30.0 Å². The van der Waals surface area contributed by atoms with Crippen molar-refractivity contribution in [2.24, 2.45) is 5.73 Å². The van der Waals surface area contributed by atoms with E-state index in [1.54, 1.807) is 0 Å². The number of nitriles is 1. The fourth-order valence-electron chi connectivity index (χ4n) is 3.01. The molecule has 0 radical (unpaired) electrons. The van der Waals surface area contributed by atoms with Gasteiger partial charge in [0.2, 0.25) is 0 Å². The lowest BCUT2D eigenvalue weighted by Crippen LogP contribution is -2.40. The molecule has 1 aliphatic heterocycles. The Morgan fingerprint density at radius 3 is 2.68 bits per heavy atom. The number of hydrogen-bond acceptors (Lipinski definition) is 3. The van der Waals surface area contributed by atoms with E-state index in [0.717, 1.165) is 25.9 Å². The summed E-state index contributed by atoms with van der Waals surface area (Å²) in [4.78, 5) is 2.51. The average molecular weight is 257 g/mol. The molecule has 0 aliphatic carbocycles. The van der Waals surface area contributed by atoms with Gasteiger partial charge in [0.15, 0.2) is 0 Å². The number of likely N-dealkylation sites (tertiary alicyclic amines) is 1. The molecular weight excluding hydrogens is 234 g/mol. The van der Waals surface area contributed by atoms with Crippen molar-refractivity contribution in [3.05, 3.63) is 35.4 Å². The molecule has 1 heterocycles. The van der Waals surface area contributed by atoms with Crippen LogP contribution in [0, 0.1) is 11.3 Å². The summed E-state index contributed by atoms with van der Waals surface area (Å²) in [6, 6.07) is 10.6. The molecule has 2 unspecified atom stereocenters. The van der Waals surface area contributed by atoms with E-state index in [0.29, 0.717) is 11.6 Å². The largest absolute Gasteiger partial charge is 0.326 e. The minimum atomic E-state index is 0.196. The van der Waals surface area contributed by atoms with Crippen molar-refractivity contribution in [3.63, 3.8) is 0 Å². The molecule has 102 valence electrons. The predicted molar refractivity (Wildman–Crippen MR) is 77.6 cm³/mol. The van der Waals surface area contributed by atoms with Crippen LogP contribution < -0.4 is 5.73 Å². The minimum absolute atomic E-state index is 0.196. The van der Waals surface area contributed by atoms with E-state index < -0.39 is 0 Å². The van der Waals surface area contributed by atoms with Crippen molar-refractivity contribution in [2.75, 3.05) is 13.1 Å². The molecular formula is C16H23N3. The number of rotatable bonds is 3. The Kier molecular flexibility index (Phi) is 4.95. The highest BCUT2D eigenvalue weighted by molar-refractivity contribution is 5.33. The third-order valence-corrected chi connectivity index (χ3v) is 3.92. The molecule has 1 aromatic carbocycles. The fraction of sp³-hybridized carbons (Fsp3) is 0.562. The van der Waals surface area contributed by atoms with Gasteiger partial charge in [-0.3, -0.25) is 4.90 Å². The molecule has 3 nitrogen and oxygen atoms in total. The second-order valence-corrected chi connectivity index (χ2v) is 5.37. The van der Waals surface area contributed by atoms with Gasteiger partial charge in [-0.15, -0.1) is 0 Å². The molecule has 0 bridgehead atoms. The lowest BCUT2D eigenvalue weighted by Gasteiger charge is -2.33. The first-order chi connectivity index (χ1) is 9.26. The zero-order chi connectivity index (χ0) is 13.7. The number of hydrogen-bond donors (Lipinski definition) is 1. The van der Waals surface area contributed by atoms with Gasteiger partial charge in [0, 0.05) is 12.1 Å². The third kappa shape index (κ3) is 3.34. The fourth-order valence-corrected chi connectivity index (χ4v) is 3.01. The zero-order valence-corrected chi connectivity index (χ0v) is 11.7. The molecule has 1 fully saturated rings. The molecule has 2 rings (SSSR count). The topological polar surface area (TPSA) is 53.0 Å².